The van der Waals surface area contributed by atoms with Gasteiger partial charge in [-0.25, -0.2) is 31.7 Å². The first-order valence-corrected chi connectivity index (χ1v) is 5.33. The first-order chi connectivity index (χ1) is 6.73. The fourth-order valence-corrected chi connectivity index (χ4v) is 1.64. The van der Waals surface area contributed by atoms with Crippen LogP contribution in [0.4, 0.5) is 13.2 Å². The van der Waals surface area contributed by atoms with Crippen LogP contribution in [0.3, 0.4) is 0 Å². The summed E-state index contributed by atoms with van der Waals surface area (Å²) in [7, 11) is -4.41. The second-order valence-corrected chi connectivity index (χ2v) is 4.34. The third kappa shape index (κ3) is 2.58. The molecule has 1 aromatic rings. The number of nitrogens with zero attached hydrogens (tertiary/aromatic N) is 1. The quantitative estimate of drug-likeness (QED) is 0.818. The molecule has 1 rings (SSSR count). The Labute approximate surface area is 87.9 Å². The number of halogens is 4. The maximum Gasteiger partial charge on any atom is 0.266 e. The molecule has 15 heavy (non-hydrogen) atoms. The number of aromatic nitrogens is 1. The Hall–Kier alpha value is -0.860. The van der Waals surface area contributed by atoms with Gasteiger partial charge in [0, 0.05) is 0 Å². The van der Waals surface area contributed by atoms with E-state index in [9.17, 15) is 21.6 Å². The van der Waals surface area contributed by atoms with Gasteiger partial charge in [0.25, 0.3) is 16.4 Å². The van der Waals surface area contributed by atoms with Crippen LogP contribution in [-0.2, 0) is 10.0 Å². The Kier molecular flexibility index (Phi) is 3.22. The lowest BCUT2D eigenvalue weighted by Gasteiger charge is -2.05. The first kappa shape index (κ1) is 12.2. The number of hydrogen-bond donors (Lipinski definition) is 1. The van der Waals surface area contributed by atoms with Crippen LogP contribution >= 0.6 is 11.6 Å². The van der Waals surface area contributed by atoms with Gasteiger partial charge in [0.15, 0.2) is 5.82 Å². The van der Waals surface area contributed by atoms with Crippen molar-refractivity contribution in [3.8, 4) is 0 Å². The zero-order valence-electron chi connectivity index (χ0n) is 6.92. The highest BCUT2D eigenvalue weighted by molar-refractivity contribution is 7.89. The maximum absolute atomic E-state index is 13.0. The Morgan fingerprint density at radius 2 is 2.00 bits per heavy atom. The molecule has 0 fully saturated rings. The van der Waals surface area contributed by atoms with Crippen LogP contribution < -0.4 is 5.14 Å². The van der Waals surface area contributed by atoms with Crippen LogP contribution in [0.2, 0.25) is 5.15 Å². The molecule has 0 aliphatic carbocycles. The van der Waals surface area contributed by atoms with Crippen LogP contribution in [0.5, 0.6) is 0 Å². The fraction of sp³-hybridized carbons (Fsp3) is 0.167. The molecule has 0 amide bonds. The van der Waals surface area contributed by atoms with Crippen LogP contribution in [0.25, 0.3) is 0 Å². The number of primary sulfonamides is 1. The third-order valence-electron chi connectivity index (χ3n) is 1.43. The zero-order chi connectivity index (χ0) is 11.8. The number of hydrogen-bond acceptors (Lipinski definition) is 3. The molecule has 4 nitrogen and oxygen atoms in total. The van der Waals surface area contributed by atoms with Crippen molar-refractivity contribution < 1.29 is 21.6 Å². The lowest BCUT2D eigenvalue weighted by atomic mass is 10.3. The average Bonchev–Trinajstić information content (AvgIpc) is 2.06. The van der Waals surface area contributed by atoms with E-state index in [4.69, 9.17) is 11.6 Å². The van der Waals surface area contributed by atoms with Gasteiger partial charge in [-0.1, -0.05) is 11.6 Å². The molecule has 0 radical (unpaired) electrons. The van der Waals surface area contributed by atoms with Crippen molar-refractivity contribution in [2.45, 2.75) is 11.5 Å². The number of sulfonamides is 1. The highest BCUT2D eigenvalue weighted by Gasteiger charge is 2.22. The topological polar surface area (TPSA) is 73.1 Å². The summed E-state index contributed by atoms with van der Waals surface area (Å²) in [5, 5.41) is 2.62. The van der Waals surface area contributed by atoms with E-state index in [1.807, 2.05) is 0 Å². The standard InChI is InChI=1S/C6H4ClF3N2O2S/c7-4-2(5(9)10)1-3(8)6(12-4)15(11,13)14/h1,5H,(H2,11,13,14). The van der Waals surface area contributed by atoms with Crippen LogP contribution in [0.15, 0.2) is 11.1 Å². The van der Waals surface area contributed by atoms with E-state index >= 15 is 0 Å². The van der Waals surface area contributed by atoms with E-state index in [1.165, 1.54) is 0 Å². The van der Waals surface area contributed by atoms with Crippen molar-refractivity contribution >= 4 is 21.6 Å². The molecule has 2 N–H and O–H groups in total. The summed E-state index contributed by atoms with van der Waals surface area (Å²) in [5.41, 5.74) is -0.887. The second-order valence-electron chi connectivity index (χ2n) is 2.50. The Bertz CT molecular complexity index is 491. The molecule has 84 valence electrons. The van der Waals surface area contributed by atoms with Crippen molar-refractivity contribution in [2.24, 2.45) is 5.14 Å². The smallest absolute Gasteiger partial charge is 0.223 e. The van der Waals surface area contributed by atoms with Gasteiger partial charge in [-0.15, -0.1) is 0 Å². The van der Waals surface area contributed by atoms with Crippen LogP contribution in [-0.4, -0.2) is 13.4 Å². The minimum Gasteiger partial charge on any atom is -0.223 e. The SMILES string of the molecule is NS(=O)(=O)c1nc(Cl)c(C(F)F)cc1F. The molecule has 1 heterocycles. The van der Waals surface area contributed by atoms with Crippen molar-refractivity contribution in [1.82, 2.24) is 4.98 Å². The summed E-state index contributed by atoms with van der Waals surface area (Å²) in [6.07, 6.45) is -3.05. The molecule has 0 saturated carbocycles. The van der Waals surface area contributed by atoms with Gasteiger partial charge in [-0.3, -0.25) is 0 Å². The first-order valence-electron chi connectivity index (χ1n) is 3.40. The molecule has 0 atom stereocenters. The second kappa shape index (κ2) is 3.95. The summed E-state index contributed by atoms with van der Waals surface area (Å²) in [4.78, 5) is 2.96. The summed E-state index contributed by atoms with van der Waals surface area (Å²) in [6, 6.07) is 0.291. The van der Waals surface area contributed by atoms with Gasteiger partial charge >= 0.3 is 0 Å². The Morgan fingerprint density at radius 1 is 1.47 bits per heavy atom. The molecule has 0 aliphatic rings. The molecule has 0 aromatic carbocycles. The zero-order valence-corrected chi connectivity index (χ0v) is 8.49. The maximum atomic E-state index is 13.0. The van der Waals surface area contributed by atoms with Crippen molar-refractivity contribution in [3.05, 3.63) is 22.6 Å². The van der Waals surface area contributed by atoms with Crippen molar-refractivity contribution in [1.29, 1.82) is 0 Å². The lowest BCUT2D eigenvalue weighted by molar-refractivity contribution is 0.150. The van der Waals surface area contributed by atoms with E-state index in [2.05, 4.69) is 10.1 Å². The van der Waals surface area contributed by atoms with Gasteiger partial charge in [0.05, 0.1) is 5.56 Å². The number of alkyl halides is 2. The largest absolute Gasteiger partial charge is 0.266 e. The number of rotatable bonds is 2. The van der Waals surface area contributed by atoms with E-state index < -0.39 is 38.0 Å². The van der Waals surface area contributed by atoms with E-state index in [0.29, 0.717) is 6.07 Å². The van der Waals surface area contributed by atoms with E-state index in [1.54, 1.807) is 0 Å². The monoisotopic (exact) mass is 260 g/mol. The van der Waals surface area contributed by atoms with Crippen molar-refractivity contribution in [2.75, 3.05) is 0 Å². The summed E-state index contributed by atoms with van der Waals surface area (Å²) >= 11 is 5.22. The predicted molar refractivity (Wildman–Crippen MR) is 45.5 cm³/mol. The lowest BCUT2D eigenvalue weighted by Crippen LogP contribution is -2.16. The Morgan fingerprint density at radius 3 is 2.40 bits per heavy atom. The molecule has 0 bridgehead atoms. The molecular weight excluding hydrogens is 257 g/mol. The minimum absolute atomic E-state index is 0.291. The Balaban J connectivity index is 3.46. The third-order valence-corrected chi connectivity index (χ3v) is 2.56. The average molecular weight is 261 g/mol. The summed E-state index contributed by atoms with van der Waals surface area (Å²) in [6.45, 7) is 0. The molecule has 0 saturated heterocycles. The molecule has 9 heteroatoms. The highest BCUT2D eigenvalue weighted by Crippen LogP contribution is 2.27. The normalized spacial score (nSPS) is 12.1. The fourth-order valence-electron chi connectivity index (χ4n) is 0.817. The molecular formula is C6H4ClF3N2O2S. The van der Waals surface area contributed by atoms with Crippen LogP contribution in [0.1, 0.15) is 12.0 Å². The molecule has 0 unspecified atom stereocenters. The van der Waals surface area contributed by atoms with Gasteiger partial charge in [0.1, 0.15) is 5.15 Å². The van der Waals surface area contributed by atoms with Gasteiger partial charge in [-0.05, 0) is 6.07 Å². The van der Waals surface area contributed by atoms with E-state index in [-0.39, 0.29) is 0 Å². The molecule has 0 aliphatic heterocycles. The number of nitrogens with two attached hydrogens (primary N) is 1. The predicted octanol–water partition coefficient (Wildman–Crippen LogP) is 1.46. The molecule has 1 aromatic heterocycles. The van der Waals surface area contributed by atoms with Gasteiger partial charge < -0.3 is 0 Å². The van der Waals surface area contributed by atoms with Gasteiger partial charge in [0.2, 0.25) is 5.03 Å². The van der Waals surface area contributed by atoms with Crippen LogP contribution in [0, 0.1) is 5.82 Å². The summed E-state index contributed by atoms with van der Waals surface area (Å²) < 4.78 is 58.7. The number of pyridine rings is 1. The minimum atomic E-state index is -4.41. The summed E-state index contributed by atoms with van der Waals surface area (Å²) in [5.74, 6) is -1.46. The highest BCUT2D eigenvalue weighted by atomic mass is 35.5. The van der Waals surface area contributed by atoms with Crippen molar-refractivity contribution in [3.63, 3.8) is 0 Å². The van der Waals surface area contributed by atoms with Gasteiger partial charge in [-0.2, -0.15) is 0 Å². The molecule has 0 spiro atoms. The van der Waals surface area contributed by atoms with E-state index in [0.717, 1.165) is 0 Å².